The molecule has 0 aliphatic heterocycles. The minimum atomic E-state index is 0.867. The number of benzene rings is 1. The van der Waals surface area contributed by atoms with Gasteiger partial charge in [-0.1, -0.05) is 39.7 Å². The highest BCUT2D eigenvalue weighted by molar-refractivity contribution is 9.09. The Morgan fingerprint density at radius 3 is 2.71 bits per heavy atom. The van der Waals surface area contributed by atoms with Gasteiger partial charge in [-0.05, 0) is 31.2 Å². The molecule has 14 heavy (non-hydrogen) atoms. The number of halogens is 2. The average Bonchev–Trinajstić information content (AvgIpc) is 2.10. The average molecular weight is 277 g/mol. The van der Waals surface area contributed by atoms with E-state index in [9.17, 15) is 0 Å². The molecule has 0 radical (unpaired) electrons. The first-order valence-electron chi connectivity index (χ1n) is 4.63. The molecule has 0 spiro atoms. The zero-order chi connectivity index (χ0) is 10.6. The maximum atomic E-state index is 6.14. The van der Waals surface area contributed by atoms with E-state index in [2.05, 4.69) is 46.9 Å². The summed E-state index contributed by atoms with van der Waals surface area (Å²) in [5.74, 6) is 0. The Hall–Kier alpha value is -0.0500. The number of aryl methyl sites for hydroxylation is 1. The van der Waals surface area contributed by atoms with Crippen LogP contribution in [0.1, 0.15) is 11.1 Å². The van der Waals surface area contributed by atoms with Gasteiger partial charge in [0, 0.05) is 23.4 Å². The van der Waals surface area contributed by atoms with Crippen molar-refractivity contribution < 1.29 is 0 Å². The number of hydrogen-bond donors (Lipinski definition) is 0. The third-order valence-electron chi connectivity index (χ3n) is 2.12. The van der Waals surface area contributed by atoms with Crippen molar-refractivity contribution >= 4 is 27.5 Å². The number of nitrogens with zero attached hydrogens (tertiary/aromatic N) is 1. The quantitative estimate of drug-likeness (QED) is 0.761. The number of rotatable bonds is 4. The van der Waals surface area contributed by atoms with Gasteiger partial charge in [0.1, 0.15) is 0 Å². The fraction of sp³-hybridized carbons (Fsp3) is 0.455. The van der Waals surface area contributed by atoms with Crippen molar-refractivity contribution in [3.05, 3.63) is 34.3 Å². The van der Waals surface area contributed by atoms with Crippen LogP contribution in [0.4, 0.5) is 0 Å². The van der Waals surface area contributed by atoms with Crippen LogP contribution in [0.15, 0.2) is 18.2 Å². The maximum absolute atomic E-state index is 6.14. The molecule has 1 rings (SSSR count). The van der Waals surface area contributed by atoms with E-state index in [1.54, 1.807) is 0 Å². The topological polar surface area (TPSA) is 3.24 Å². The van der Waals surface area contributed by atoms with Crippen LogP contribution in [0.25, 0.3) is 0 Å². The number of hydrogen-bond acceptors (Lipinski definition) is 1. The maximum Gasteiger partial charge on any atom is 0.0453 e. The molecule has 0 saturated carbocycles. The highest BCUT2D eigenvalue weighted by Gasteiger charge is 2.03. The third kappa shape index (κ3) is 3.60. The Labute approximate surface area is 99.2 Å². The Morgan fingerprint density at radius 2 is 2.14 bits per heavy atom. The summed E-state index contributed by atoms with van der Waals surface area (Å²) in [7, 11) is 2.09. The normalized spacial score (nSPS) is 10.9. The van der Waals surface area contributed by atoms with Gasteiger partial charge in [-0.25, -0.2) is 0 Å². The second kappa shape index (κ2) is 5.74. The molecule has 0 aliphatic rings. The summed E-state index contributed by atoms with van der Waals surface area (Å²) in [6.07, 6.45) is 0. The van der Waals surface area contributed by atoms with E-state index in [-0.39, 0.29) is 0 Å². The molecule has 0 N–H and O–H groups in total. The first-order valence-corrected chi connectivity index (χ1v) is 6.13. The van der Waals surface area contributed by atoms with Crippen LogP contribution in [0.5, 0.6) is 0 Å². The van der Waals surface area contributed by atoms with Gasteiger partial charge < -0.3 is 4.90 Å². The molecule has 0 heterocycles. The molecule has 1 aromatic carbocycles. The highest BCUT2D eigenvalue weighted by atomic mass is 79.9. The molecular weight excluding hydrogens is 261 g/mol. The van der Waals surface area contributed by atoms with E-state index in [1.807, 2.05) is 6.07 Å². The van der Waals surface area contributed by atoms with Gasteiger partial charge in [-0.2, -0.15) is 0 Å². The lowest BCUT2D eigenvalue weighted by Gasteiger charge is -2.16. The van der Waals surface area contributed by atoms with Crippen LogP contribution in [-0.4, -0.2) is 23.8 Å². The molecular formula is C11H15BrClN. The van der Waals surface area contributed by atoms with Crippen molar-refractivity contribution in [2.24, 2.45) is 0 Å². The molecule has 0 amide bonds. The molecule has 3 heteroatoms. The number of alkyl halides is 1. The van der Waals surface area contributed by atoms with Gasteiger partial charge >= 0.3 is 0 Å². The van der Waals surface area contributed by atoms with Crippen molar-refractivity contribution in [2.45, 2.75) is 13.5 Å². The monoisotopic (exact) mass is 275 g/mol. The van der Waals surface area contributed by atoms with Crippen molar-refractivity contribution in [1.29, 1.82) is 0 Å². The van der Waals surface area contributed by atoms with Crippen LogP contribution in [0.2, 0.25) is 5.02 Å². The summed E-state index contributed by atoms with van der Waals surface area (Å²) in [5, 5.41) is 1.86. The SMILES string of the molecule is Cc1ccc(CN(C)CCBr)c(Cl)c1. The molecule has 1 nitrogen and oxygen atoms in total. The predicted molar refractivity (Wildman–Crippen MR) is 66.3 cm³/mol. The Morgan fingerprint density at radius 1 is 1.43 bits per heavy atom. The molecule has 0 bridgehead atoms. The Balaban J connectivity index is 2.67. The van der Waals surface area contributed by atoms with E-state index < -0.39 is 0 Å². The standard InChI is InChI=1S/C11H15BrClN/c1-9-3-4-10(11(13)7-9)8-14(2)6-5-12/h3-4,7H,5-6,8H2,1-2H3. The van der Waals surface area contributed by atoms with Gasteiger partial charge in [0.15, 0.2) is 0 Å². The van der Waals surface area contributed by atoms with Crippen LogP contribution < -0.4 is 0 Å². The summed E-state index contributed by atoms with van der Waals surface area (Å²) in [6.45, 7) is 3.99. The van der Waals surface area contributed by atoms with E-state index in [0.29, 0.717) is 0 Å². The van der Waals surface area contributed by atoms with Crippen molar-refractivity contribution in [3.63, 3.8) is 0 Å². The fourth-order valence-electron chi connectivity index (χ4n) is 1.29. The lowest BCUT2D eigenvalue weighted by atomic mass is 10.1. The van der Waals surface area contributed by atoms with Gasteiger partial charge in [0.05, 0.1) is 0 Å². The van der Waals surface area contributed by atoms with E-state index in [1.165, 1.54) is 11.1 Å². The van der Waals surface area contributed by atoms with E-state index in [0.717, 1.165) is 23.4 Å². The minimum Gasteiger partial charge on any atom is -0.301 e. The zero-order valence-corrected chi connectivity index (χ0v) is 10.9. The van der Waals surface area contributed by atoms with E-state index in [4.69, 9.17) is 11.6 Å². The Bertz CT molecular complexity index is 301. The van der Waals surface area contributed by atoms with Crippen molar-refractivity contribution in [1.82, 2.24) is 4.90 Å². The molecule has 0 fully saturated rings. The summed E-state index contributed by atoms with van der Waals surface area (Å²) >= 11 is 9.55. The molecule has 0 aromatic heterocycles. The summed E-state index contributed by atoms with van der Waals surface area (Å²) in [4.78, 5) is 2.24. The summed E-state index contributed by atoms with van der Waals surface area (Å²) in [6, 6.07) is 6.21. The lowest BCUT2D eigenvalue weighted by molar-refractivity contribution is 0.349. The molecule has 0 unspecified atom stereocenters. The summed E-state index contributed by atoms with van der Waals surface area (Å²) in [5.41, 5.74) is 2.41. The Kier molecular flexibility index (Phi) is 4.93. The highest BCUT2D eigenvalue weighted by Crippen LogP contribution is 2.18. The van der Waals surface area contributed by atoms with Crippen molar-refractivity contribution in [3.8, 4) is 0 Å². The summed E-state index contributed by atoms with van der Waals surface area (Å²) < 4.78 is 0. The van der Waals surface area contributed by atoms with E-state index >= 15 is 0 Å². The van der Waals surface area contributed by atoms with Crippen LogP contribution >= 0.6 is 27.5 Å². The molecule has 0 atom stereocenters. The first kappa shape index (κ1) is 12.0. The second-order valence-corrected chi connectivity index (χ2v) is 4.72. The van der Waals surface area contributed by atoms with Gasteiger partial charge in [0.2, 0.25) is 0 Å². The molecule has 0 saturated heterocycles. The molecule has 1 aromatic rings. The van der Waals surface area contributed by atoms with Crippen LogP contribution in [0.3, 0.4) is 0 Å². The zero-order valence-electron chi connectivity index (χ0n) is 8.56. The second-order valence-electron chi connectivity index (χ2n) is 3.52. The lowest BCUT2D eigenvalue weighted by Crippen LogP contribution is -2.20. The predicted octanol–water partition coefficient (Wildman–Crippen LogP) is 3.48. The van der Waals surface area contributed by atoms with Crippen LogP contribution in [0, 0.1) is 6.92 Å². The van der Waals surface area contributed by atoms with Crippen molar-refractivity contribution in [2.75, 3.05) is 18.9 Å². The third-order valence-corrected chi connectivity index (χ3v) is 2.82. The first-order chi connectivity index (χ1) is 6.63. The van der Waals surface area contributed by atoms with Gasteiger partial charge in [-0.3, -0.25) is 0 Å². The fourth-order valence-corrected chi connectivity index (χ4v) is 2.19. The van der Waals surface area contributed by atoms with Gasteiger partial charge in [0.25, 0.3) is 0 Å². The van der Waals surface area contributed by atoms with Gasteiger partial charge in [-0.15, -0.1) is 0 Å². The largest absolute Gasteiger partial charge is 0.301 e. The van der Waals surface area contributed by atoms with Crippen LogP contribution in [-0.2, 0) is 6.54 Å². The minimum absolute atomic E-state index is 0.867. The smallest absolute Gasteiger partial charge is 0.0453 e. The molecule has 0 aliphatic carbocycles. The molecule has 78 valence electrons.